The molecular formula is C20H23N5O. The van der Waals surface area contributed by atoms with Crippen LogP contribution in [0.25, 0.3) is 11.0 Å². The first-order chi connectivity index (χ1) is 12.6. The molecule has 1 saturated heterocycles. The van der Waals surface area contributed by atoms with Crippen molar-refractivity contribution in [3.8, 4) is 0 Å². The van der Waals surface area contributed by atoms with Gasteiger partial charge in [-0.15, -0.1) is 0 Å². The number of nitrogens with zero attached hydrogens (tertiary/aromatic N) is 4. The number of fused-ring (bicyclic) bond motifs is 1. The molecule has 1 fully saturated rings. The molecule has 1 aromatic carbocycles. The molecule has 0 aliphatic carbocycles. The number of carbonyl (C=O) groups excluding carboxylic acids is 1. The van der Waals surface area contributed by atoms with E-state index in [9.17, 15) is 4.79 Å². The highest BCUT2D eigenvalue weighted by molar-refractivity contribution is 5.97. The number of amides is 1. The van der Waals surface area contributed by atoms with E-state index >= 15 is 0 Å². The second-order valence-electron chi connectivity index (χ2n) is 7.03. The van der Waals surface area contributed by atoms with Crippen molar-refractivity contribution in [2.75, 3.05) is 19.6 Å². The van der Waals surface area contributed by atoms with Crippen LogP contribution in [0, 0.1) is 12.8 Å². The van der Waals surface area contributed by atoms with Gasteiger partial charge >= 0.3 is 0 Å². The van der Waals surface area contributed by atoms with E-state index in [2.05, 4.69) is 22.2 Å². The first-order valence-corrected chi connectivity index (χ1v) is 8.92. The van der Waals surface area contributed by atoms with E-state index in [0.717, 1.165) is 16.7 Å². The maximum absolute atomic E-state index is 13.1. The number of hydrogen-bond acceptors (Lipinski definition) is 4. The van der Waals surface area contributed by atoms with Crippen LogP contribution in [0.1, 0.15) is 27.5 Å². The van der Waals surface area contributed by atoms with Crippen molar-refractivity contribution in [3.63, 3.8) is 0 Å². The summed E-state index contributed by atoms with van der Waals surface area (Å²) in [5, 5.41) is 5.30. The van der Waals surface area contributed by atoms with Crippen LogP contribution >= 0.6 is 0 Å². The number of carbonyl (C=O) groups is 1. The normalized spacial score (nSPS) is 20.0. The second-order valence-corrected chi connectivity index (χ2v) is 7.03. The highest BCUT2D eigenvalue weighted by atomic mass is 16.2. The topological polar surface area (TPSA) is 77.0 Å². The molecule has 2 atom stereocenters. The SMILES string of the molecule is Cc1nn(C)c2ncc(C(=O)N3C[C@@H](CN)[C@H](c4ccccc4)C3)cc12. The van der Waals surface area contributed by atoms with E-state index in [-0.39, 0.29) is 17.7 Å². The molecule has 0 saturated carbocycles. The summed E-state index contributed by atoms with van der Waals surface area (Å²) in [7, 11) is 1.86. The van der Waals surface area contributed by atoms with Gasteiger partial charge in [0.1, 0.15) is 0 Å². The number of rotatable bonds is 3. The van der Waals surface area contributed by atoms with Crippen LogP contribution in [0.2, 0.25) is 0 Å². The van der Waals surface area contributed by atoms with Gasteiger partial charge in [0.05, 0.1) is 11.3 Å². The van der Waals surface area contributed by atoms with E-state index in [0.29, 0.717) is 25.2 Å². The minimum Gasteiger partial charge on any atom is -0.338 e. The molecule has 0 spiro atoms. The molecule has 2 N–H and O–H groups in total. The summed E-state index contributed by atoms with van der Waals surface area (Å²) in [4.78, 5) is 19.4. The molecule has 1 amide bonds. The lowest BCUT2D eigenvalue weighted by Crippen LogP contribution is -2.29. The van der Waals surface area contributed by atoms with Gasteiger partial charge in [-0.1, -0.05) is 30.3 Å². The predicted octanol–water partition coefficient (Wildman–Crippen LogP) is 2.09. The molecule has 3 aromatic rings. The number of aryl methyl sites for hydroxylation is 2. The van der Waals surface area contributed by atoms with Crippen molar-refractivity contribution in [1.82, 2.24) is 19.7 Å². The Labute approximate surface area is 152 Å². The van der Waals surface area contributed by atoms with Crippen molar-refractivity contribution in [2.24, 2.45) is 18.7 Å². The zero-order chi connectivity index (χ0) is 18.3. The lowest BCUT2D eigenvalue weighted by molar-refractivity contribution is 0.0786. The van der Waals surface area contributed by atoms with Crippen LogP contribution in [0.15, 0.2) is 42.6 Å². The quantitative estimate of drug-likeness (QED) is 0.785. The Kier molecular flexibility index (Phi) is 4.20. The molecule has 1 aliphatic rings. The van der Waals surface area contributed by atoms with Gasteiger partial charge in [-0.3, -0.25) is 9.48 Å². The zero-order valence-corrected chi connectivity index (χ0v) is 15.1. The molecule has 3 heterocycles. The van der Waals surface area contributed by atoms with E-state index in [1.54, 1.807) is 10.9 Å². The average Bonchev–Trinajstić information content (AvgIpc) is 3.23. The van der Waals surface area contributed by atoms with Gasteiger partial charge in [-0.2, -0.15) is 5.10 Å². The molecule has 0 radical (unpaired) electrons. The summed E-state index contributed by atoms with van der Waals surface area (Å²) in [5.41, 5.74) is 9.53. The van der Waals surface area contributed by atoms with Gasteiger partial charge in [0.2, 0.25) is 0 Å². The van der Waals surface area contributed by atoms with Gasteiger partial charge < -0.3 is 10.6 Å². The van der Waals surface area contributed by atoms with Gasteiger partial charge in [0, 0.05) is 37.6 Å². The monoisotopic (exact) mass is 349 g/mol. The largest absolute Gasteiger partial charge is 0.338 e. The third kappa shape index (κ3) is 2.76. The van der Waals surface area contributed by atoms with E-state index < -0.39 is 0 Å². The summed E-state index contributed by atoms with van der Waals surface area (Å²) in [6, 6.07) is 12.2. The lowest BCUT2D eigenvalue weighted by Gasteiger charge is -2.17. The summed E-state index contributed by atoms with van der Waals surface area (Å²) >= 11 is 0. The smallest absolute Gasteiger partial charge is 0.255 e. The lowest BCUT2D eigenvalue weighted by atomic mass is 9.89. The fourth-order valence-corrected chi connectivity index (χ4v) is 3.96. The van der Waals surface area contributed by atoms with Crippen LogP contribution in [0.4, 0.5) is 0 Å². The Morgan fingerprint density at radius 3 is 2.77 bits per heavy atom. The molecule has 0 bridgehead atoms. The Morgan fingerprint density at radius 2 is 2.04 bits per heavy atom. The van der Waals surface area contributed by atoms with Crippen molar-refractivity contribution in [1.29, 1.82) is 0 Å². The summed E-state index contributed by atoms with van der Waals surface area (Å²) in [6.07, 6.45) is 1.65. The van der Waals surface area contributed by atoms with Crippen molar-refractivity contribution in [2.45, 2.75) is 12.8 Å². The Balaban J connectivity index is 1.61. The highest BCUT2D eigenvalue weighted by Gasteiger charge is 2.35. The van der Waals surface area contributed by atoms with Crippen LogP contribution < -0.4 is 5.73 Å². The minimum absolute atomic E-state index is 0.0135. The Hall–Kier alpha value is -2.73. The predicted molar refractivity (Wildman–Crippen MR) is 101 cm³/mol. The van der Waals surface area contributed by atoms with Gasteiger partial charge in [0.25, 0.3) is 5.91 Å². The zero-order valence-electron chi connectivity index (χ0n) is 15.1. The van der Waals surface area contributed by atoms with Crippen LogP contribution in [0.3, 0.4) is 0 Å². The summed E-state index contributed by atoms with van der Waals surface area (Å²) in [6.45, 7) is 3.88. The van der Waals surface area contributed by atoms with E-state index in [1.165, 1.54) is 5.56 Å². The molecule has 2 aromatic heterocycles. The average molecular weight is 349 g/mol. The van der Waals surface area contributed by atoms with Crippen LogP contribution in [-0.2, 0) is 7.05 Å². The number of pyridine rings is 1. The van der Waals surface area contributed by atoms with E-state index in [4.69, 9.17) is 5.73 Å². The first-order valence-electron chi connectivity index (χ1n) is 8.92. The van der Waals surface area contributed by atoms with Crippen LogP contribution in [0.5, 0.6) is 0 Å². The molecule has 0 unspecified atom stereocenters. The maximum Gasteiger partial charge on any atom is 0.255 e. The maximum atomic E-state index is 13.1. The summed E-state index contributed by atoms with van der Waals surface area (Å²) in [5.74, 6) is 0.569. The Morgan fingerprint density at radius 1 is 1.27 bits per heavy atom. The minimum atomic E-state index is 0.0135. The summed E-state index contributed by atoms with van der Waals surface area (Å²) < 4.78 is 1.74. The molecule has 6 nitrogen and oxygen atoms in total. The van der Waals surface area contributed by atoms with Crippen molar-refractivity contribution in [3.05, 3.63) is 59.4 Å². The van der Waals surface area contributed by atoms with E-state index in [1.807, 2.05) is 43.1 Å². The number of nitrogens with two attached hydrogens (primary N) is 1. The fourth-order valence-electron chi connectivity index (χ4n) is 3.96. The third-order valence-electron chi connectivity index (χ3n) is 5.37. The molecule has 1 aliphatic heterocycles. The first kappa shape index (κ1) is 16.7. The highest BCUT2D eigenvalue weighted by Crippen LogP contribution is 2.33. The van der Waals surface area contributed by atoms with Gasteiger partial charge in [-0.05, 0) is 31.0 Å². The standard InChI is InChI=1S/C20H23N5O/c1-13-17-8-15(10-22-19(17)24(2)23-13)20(26)25-11-16(9-21)18(12-25)14-6-4-3-5-7-14/h3-8,10,16,18H,9,11-12,21H2,1-2H3/t16-,18+/m1/s1. The van der Waals surface area contributed by atoms with Crippen molar-refractivity contribution < 1.29 is 4.79 Å². The molecule has 4 rings (SSSR count). The number of hydrogen-bond donors (Lipinski definition) is 1. The number of likely N-dealkylation sites (tertiary alicyclic amines) is 1. The van der Waals surface area contributed by atoms with Gasteiger partial charge in [-0.25, -0.2) is 4.98 Å². The molecule has 6 heteroatoms. The fraction of sp³-hybridized carbons (Fsp3) is 0.350. The van der Waals surface area contributed by atoms with Crippen LogP contribution in [-0.4, -0.2) is 45.2 Å². The second kappa shape index (κ2) is 6.53. The third-order valence-corrected chi connectivity index (χ3v) is 5.37. The number of benzene rings is 1. The Bertz CT molecular complexity index is 949. The number of aromatic nitrogens is 3. The molecule has 26 heavy (non-hydrogen) atoms. The molecule has 134 valence electrons. The molecular weight excluding hydrogens is 326 g/mol. The van der Waals surface area contributed by atoms with Crippen molar-refractivity contribution >= 4 is 16.9 Å². The van der Waals surface area contributed by atoms with Gasteiger partial charge in [0.15, 0.2) is 5.65 Å².